The maximum Gasteiger partial charge on any atom is 0.185 e. The molecule has 1 aliphatic heterocycles. The van der Waals surface area contributed by atoms with Crippen molar-refractivity contribution in [2.24, 2.45) is 0 Å². The van der Waals surface area contributed by atoms with E-state index in [0.717, 1.165) is 43.1 Å². The molecule has 1 heterocycles. The molecule has 0 radical (unpaired) electrons. The van der Waals surface area contributed by atoms with E-state index in [4.69, 9.17) is 23.2 Å². The van der Waals surface area contributed by atoms with Crippen molar-refractivity contribution in [2.75, 3.05) is 36.0 Å². The smallest absolute Gasteiger partial charge is 0.185 e. The van der Waals surface area contributed by atoms with Gasteiger partial charge in [0, 0.05) is 43.1 Å². The Kier molecular flexibility index (Phi) is 6.41. The summed E-state index contributed by atoms with van der Waals surface area (Å²) in [5.74, 6) is 0.00911. The normalized spacial score (nSPS) is 14.3. The third-order valence-electron chi connectivity index (χ3n) is 5.29. The zero-order chi connectivity index (χ0) is 20.9. The van der Waals surface area contributed by atoms with Crippen molar-refractivity contribution in [2.45, 2.75) is 0 Å². The number of halogens is 2. The van der Waals surface area contributed by atoms with Crippen molar-refractivity contribution in [1.29, 1.82) is 0 Å². The zero-order valence-electron chi connectivity index (χ0n) is 16.5. The van der Waals surface area contributed by atoms with Crippen LogP contribution in [0.3, 0.4) is 0 Å². The lowest BCUT2D eigenvalue weighted by Gasteiger charge is -2.37. The van der Waals surface area contributed by atoms with Gasteiger partial charge in [-0.1, -0.05) is 59.6 Å². The predicted molar refractivity (Wildman–Crippen MR) is 127 cm³/mol. The topological polar surface area (TPSA) is 23.6 Å². The van der Waals surface area contributed by atoms with Crippen molar-refractivity contribution in [3.05, 3.63) is 100 Å². The molecule has 0 unspecified atom stereocenters. The Morgan fingerprint density at radius 3 is 1.97 bits per heavy atom. The van der Waals surface area contributed by atoms with Gasteiger partial charge in [-0.15, -0.1) is 0 Å². The van der Waals surface area contributed by atoms with Gasteiger partial charge < -0.3 is 9.80 Å². The summed E-state index contributed by atoms with van der Waals surface area (Å²) in [5, 5.41) is 1.16. The number of carbonyl (C=O) groups is 1. The minimum atomic E-state index is 0.00911. The highest BCUT2D eigenvalue weighted by atomic mass is 35.5. The fourth-order valence-corrected chi connectivity index (χ4v) is 3.87. The lowest BCUT2D eigenvalue weighted by atomic mass is 10.1. The van der Waals surface area contributed by atoms with Gasteiger partial charge in [-0.2, -0.15) is 0 Å². The second-order valence-electron chi connectivity index (χ2n) is 7.23. The van der Waals surface area contributed by atoms with Crippen LogP contribution in [-0.2, 0) is 0 Å². The summed E-state index contributed by atoms with van der Waals surface area (Å²) in [5.41, 5.74) is 3.94. The molecule has 152 valence electrons. The summed E-state index contributed by atoms with van der Waals surface area (Å²) in [6.45, 7) is 3.61. The molecule has 3 aromatic carbocycles. The van der Waals surface area contributed by atoms with Crippen LogP contribution in [0.4, 0.5) is 11.4 Å². The first-order valence-electron chi connectivity index (χ1n) is 9.92. The molecule has 0 N–H and O–H groups in total. The number of rotatable bonds is 5. The molecule has 0 atom stereocenters. The van der Waals surface area contributed by atoms with Crippen LogP contribution in [0.15, 0.2) is 78.9 Å². The van der Waals surface area contributed by atoms with Gasteiger partial charge in [0.1, 0.15) is 0 Å². The minimum absolute atomic E-state index is 0.00911. The standard InChI is InChI=1S/C25H22Cl2N2O/c26-23-12-11-22(18-24(23)27)29-16-14-28(15-17-29)21-9-7-20(8-10-21)25(30)13-6-19-4-2-1-3-5-19/h1-13,18H,14-17H2/b13-6+. The van der Waals surface area contributed by atoms with Crippen molar-refractivity contribution in [3.63, 3.8) is 0 Å². The molecule has 4 rings (SSSR count). The summed E-state index contributed by atoms with van der Waals surface area (Å²) >= 11 is 12.2. The molecule has 0 spiro atoms. The first-order chi connectivity index (χ1) is 14.6. The number of allylic oxidation sites excluding steroid dienone is 1. The van der Waals surface area contributed by atoms with E-state index in [1.54, 1.807) is 6.08 Å². The average Bonchev–Trinajstić information content (AvgIpc) is 2.80. The van der Waals surface area contributed by atoms with Crippen LogP contribution in [0.2, 0.25) is 10.0 Å². The quantitative estimate of drug-likeness (QED) is 0.350. The maximum absolute atomic E-state index is 12.4. The van der Waals surface area contributed by atoms with Crippen molar-refractivity contribution in [1.82, 2.24) is 0 Å². The minimum Gasteiger partial charge on any atom is -0.368 e. The molecule has 1 saturated heterocycles. The maximum atomic E-state index is 12.4. The predicted octanol–water partition coefficient (Wildman–Crippen LogP) is 6.22. The van der Waals surface area contributed by atoms with Gasteiger partial charge in [-0.3, -0.25) is 4.79 Å². The van der Waals surface area contributed by atoms with E-state index in [9.17, 15) is 4.79 Å². The molecule has 0 bridgehead atoms. The fourth-order valence-electron chi connectivity index (χ4n) is 3.57. The highest BCUT2D eigenvalue weighted by Gasteiger charge is 2.18. The van der Waals surface area contributed by atoms with Gasteiger partial charge in [0.25, 0.3) is 0 Å². The zero-order valence-corrected chi connectivity index (χ0v) is 18.0. The molecule has 0 amide bonds. The summed E-state index contributed by atoms with van der Waals surface area (Å²) in [7, 11) is 0. The number of nitrogens with zero attached hydrogens (tertiary/aromatic N) is 2. The van der Waals surface area contributed by atoms with Gasteiger partial charge in [0.05, 0.1) is 10.0 Å². The Bertz CT molecular complexity index is 1040. The van der Waals surface area contributed by atoms with Crippen molar-refractivity contribution in [3.8, 4) is 0 Å². The third-order valence-corrected chi connectivity index (χ3v) is 6.03. The van der Waals surface area contributed by atoms with Crippen LogP contribution in [0.5, 0.6) is 0 Å². The number of piperazine rings is 1. The van der Waals surface area contributed by atoms with Crippen LogP contribution in [-0.4, -0.2) is 32.0 Å². The molecule has 1 fully saturated rings. The van der Waals surface area contributed by atoms with E-state index < -0.39 is 0 Å². The Morgan fingerprint density at radius 2 is 1.33 bits per heavy atom. The molecule has 0 aliphatic carbocycles. The van der Waals surface area contributed by atoms with Gasteiger partial charge in [-0.05, 0) is 54.1 Å². The molecular weight excluding hydrogens is 415 g/mol. The van der Waals surface area contributed by atoms with Gasteiger partial charge >= 0.3 is 0 Å². The Morgan fingerprint density at radius 1 is 0.733 bits per heavy atom. The molecule has 1 aliphatic rings. The fraction of sp³-hybridized carbons (Fsp3) is 0.160. The molecule has 3 nitrogen and oxygen atoms in total. The summed E-state index contributed by atoms with van der Waals surface area (Å²) < 4.78 is 0. The molecule has 0 aromatic heterocycles. The Labute approximate surface area is 187 Å². The molecule has 3 aromatic rings. The van der Waals surface area contributed by atoms with E-state index in [-0.39, 0.29) is 5.78 Å². The second-order valence-corrected chi connectivity index (χ2v) is 8.04. The SMILES string of the molecule is O=C(/C=C/c1ccccc1)c1ccc(N2CCN(c3ccc(Cl)c(Cl)c3)CC2)cc1. The largest absolute Gasteiger partial charge is 0.368 e. The number of ketones is 1. The van der Waals surface area contributed by atoms with Crippen molar-refractivity contribution >= 4 is 46.4 Å². The van der Waals surface area contributed by atoms with E-state index in [1.165, 1.54) is 0 Å². The van der Waals surface area contributed by atoms with Crippen LogP contribution in [0.25, 0.3) is 6.08 Å². The lowest BCUT2D eigenvalue weighted by Crippen LogP contribution is -2.46. The number of hydrogen-bond acceptors (Lipinski definition) is 3. The van der Waals surface area contributed by atoms with Gasteiger partial charge in [0.2, 0.25) is 0 Å². The first-order valence-corrected chi connectivity index (χ1v) is 10.7. The summed E-state index contributed by atoms with van der Waals surface area (Å²) in [6, 6.07) is 23.5. The van der Waals surface area contributed by atoms with Crippen LogP contribution in [0.1, 0.15) is 15.9 Å². The summed E-state index contributed by atoms with van der Waals surface area (Å²) in [4.78, 5) is 17.1. The van der Waals surface area contributed by atoms with Crippen LogP contribution < -0.4 is 9.80 Å². The molecule has 0 saturated carbocycles. The third kappa shape index (κ3) is 4.86. The molecular formula is C25H22Cl2N2O. The first kappa shape index (κ1) is 20.5. The Hall–Kier alpha value is -2.75. The number of benzene rings is 3. The Balaban J connectivity index is 1.36. The van der Waals surface area contributed by atoms with Crippen LogP contribution >= 0.6 is 23.2 Å². The molecule has 30 heavy (non-hydrogen) atoms. The monoisotopic (exact) mass is 436 g/mol. The number of carbonyl (C=O) groups excluding carboxylic acids is 1. The van der Waals surface area contributed by atoms with Crippen molar-refractivity contribution < 1.29 is 4.79 Å². The van der Waals surface area contributed by atoms with E-state index >= 15 is 0 Å². The van der Waals surface area contributed by atoms with E-state index in [1.807, 2.05) is 78.9 Å². The number of hydrogen-bond donors (Lipinski definition) is 0. The van der Waals surface area contributed by atoms with Crippen LogP contribution in [0, 0.1) is 0 Å². The lowest BCUT2D eigenvalue weighted by molar-refractivity contribution is 0.104. The van der Waals surface area contributed by atoms with Gasteiger partial charge in [-0.25, -0.2) is 0 Å². The second kappa shape index (κ2) is 9.38. The van der Waals surface area contributed by atoms with E-state index in [0.29, 0.717) is 15.6 Å². The highest BCUT2D eigenvalue weighted by molar-refractivity contribution is 6.42. The highest BCUT2D eigenvalue weighted by Crippen LogP contribution is 2.28. The number of anilines is 2. The van der Waals surface area contributed by atoms with Gasteiger partial charge in [0.15, 0.2) is 5.78 Å². The average molecular weight is 437 g/mol. The summed E-state index contributed by atoms with van der Waals surface area (Å²) in [6.07, 6.45) is 3.47. The van der Waals surface area contributed by atoms with E-state index in [2.05, 4.69) is 9.80 Å². The molecule has 5 heteroatoms.